The van der Waals surface area contributed by atoms with E-state index in [9.17, 15) is 14.4 Å². The van der Waals surface area contributed by atoms with E-state index in [2.05, 4.69) is 31.5 Å². The predicted molar refractivity (Wildman–Crippen MR) is 135 cm³/mol. The van der Waals surface area contributed by atoms with Crippen molar-refractivity contribution >= 4 is 39.8 Å². The molecule has 182 valence electrons. The Morgan fingerprint density at radius 1 is 1.26 bits per heavy atom. The van der Waals surface area contributed by atoms with Crippen LogP contribution in [0.4, 0.5) is 10.5 Å². The van der Waals surface area contributed by atoms with Gasteiger partial charge in [-0.1, -0.05) is 15.9 Å². The summed E-state index contributed by atoms with van der Waals surface area (Å²) < 4.78 is 6.04. The molecule has 1 saturated heterocycles. The van der Waals surface area contributed by atoms with Crippen LogP contribution in [0, 0.1) is 19.3 Å². The van der Waals surface area contributed by atoms with Gasteiger partial charge in [-0.15, -0.1) is 0 Å². The lowest BCUT2D eigenvalue weighted by Crippen LogP contribution is -2.58. The lowest BCUT2D eigenvalue weighted by atomic mass is 10.0. The number of likely N-dealkylation sites (tertiary alicyclic amines) is 1. The SMILES string of the molecule is Cc1cc(C)c(CNC(=O)c2cc(Br)cc(NC3CN(C(=O)OC(C)(C)C)C3)c2C=N)c(=O)[nH]1. The molecule has 4 N–H and O–H groups in total. The molecule has 0 unspecified atom stereocenters. The Balaban J connectivity index is 1.71. The van der Waals surface area contributed by atoms with Gasteiger partial charge in [0, 0.05) is 52.8 Å². The van der Waals surface area contributed by atoms with E-state index in [1.807, 2.05) is 33.8 Å². The van der Waals surface area contributed by atoms with Crippen LogP contribution in [0.1, 0.15) is 53.5 Å². The fourth-order valence-electron chi connectivity index (χ4n) is 3.71. The molecule has 0 atom stereocenters. The third-order valence-electron chi connectivity index (χ3n) is 5.35. The maximum atomic E-state index is 13.0. The van der Waals surface area contributed by atoms with Gasteiger partial charge in [-0.05, 0) is 58.4 Å². The maximum Gasteiger partial charge on any atom is 0.410 e. The monoisotopic (exact) mass is 531 g/mol. The van der Waals surface area contributed by atoms with Crippen LogP contribution in [0.15, 0.2) is 27.5 Å². The third kappa shape index (κ3) is 6.05. The number of benzene rings is 1. The van der Waals surface area contributed by atoms with Crippen molar-refractivity contribution in [1.82, 2.24) is 15.2 Å². The van der Waals surface area contributed by atoms with Gasteiger partial charge in [0.25, 0.3) is 11.5 Å². The van der Waals surface area contributed by atoms with Crippen molar-refractivity contribution in [3.8, 4) is 0 Å². The minimum Gasteiger partial charge on any atom is -0.444 e. The number of anilines is 1. The summed E-state index contributed by atoms with van der Waals surface area (Å²) in [5, 5.41) is 14.0. The van der Waals surface area contributed by atoms with Crippen molar-refractivity contribution in [1.29, 1.82) is 5.41 Å². The van der Waals surface area contributed by atoms with Crippen LogP contribution in [0.5, 0.6) is 0 Å². The van der Waals surface area contributed by atoms with Crippen LogP contribution >= 0.6 is 15.9 Å². The number of aryl methyl sites for hydroxylation is 2. The van der Waals surface area contributed by atoms with E-state index < -0.39 is 11.5 Å². The number of ether oxygens (including phenoxy) is 1. The van der Waals surface area contributed by atoms with E-state index in [1.165, 1.54) is 0 Å². The molecule has 34 heavy (non-hydrogen) atoms. The van der Waals surface area contributed by atoms with Gasteiger partial charge in [0.2, 0.25) is 0 Å². The molecule has 3 rings (SSSR count). The van der Waals surface area contributed by atoms with Gasteiger partial charge in [-0.2, -0.15) is 0 Å². The standard InChI is InChI=1S/C24H30BrN5O4/c1-13-6-14(2)28-22(32)19(13)10-27-21(31)17-7-15(25)8-20(18(17)9-26)29-16-11-30(12-16)23(33)34-24(3,4)5/h6-9,16,26,29H,10-12H2,1-5H3,(H,27,31)(H,28,32). The highest BCUT2D eigenvalue weighted by atomic mass is 79.9. The van der Waals surface area contributed by atoms with Gasteiger partial charge in [-0.25, -0.2) is 4.79 Å². The molecular weight excluding hydrogens is 502 g/mol. The number of nitrogens with zero attached hydrogens (tertiary/aromatic N) is 1. The zero-order chi connectivity index (χ0) is 25.2. The van der Waals surface area contributed by atoms with E-state index in [0.717, 1.165) is 17.5 Å². The lowest BCUT2D eigenvalue weighted by molar-refractivity contribution is 0.0105. The highest BCUT2D eigenvalue weighted by molar-refractivity contribution is 9.10. The summed E-state index contributed by atoms with van der Waals surface area (Å²) in [5.41, 5.74) is 2.58. The Morgan fingerprint density at radius 2 is 1.94 bits per heavy atom. The summed E-state index contributed by atoms with van der Waals surface area (Å²) in [7, 11) is 0. The molecule has 0 spiro atoms. The second kappa shape index (κ2) is 10.0. The molecule has 2 amide bonds. The van der Waals surface area contributed by atoms with E-state index in [1.54, 1.807) is 24.0 Å². The second-order valence-corrected chi connectivity index (χ2v) is 10.3. The van der Waals surface area contributed by atoms with Crippen LogP contribution < -0.4 is 16.2 Å². The minimum atomic E-state index is -0.558. The predicted octanol–water partition coefficient (Wildman–Crippen LogP) is 3.71. The molecule has 1 aliphatic heterocycles. The normalized spacial score (nSPS) is 13.8. The highest BCUT2D eigenvalue weighted by Crippen LogP contribution is 2.27. The molecule has 1 aromatic carbocycles. The average Bonchev–Trinajstić information content (AvgIpc) is 2.67. The van der Waals surface area contributed by atoms with Crippen molar-refractivity contribution in [3.05, 3.63) is 61.0 Å². The quantitative estimate of drug-likeness (QED) is 0.422. The molecule has 0 bridgehead atoms. The van der Waals surface area contributed by atoms with Crippen LogP contribution in [0.2, 0.25) is 0 Å². The Morgan fingerprint density at radius 3 is 2.53 bits per heavy atom. The number of hydrogen-bond donors (Lipinski definition) is 4. The molecule has 1 aromatic heterocycles. The summed E-state index contributed by atoms with van der Waals surface area (Å²) >= 11 is 3.44. The maximum absolute atomic E-state index is 13.0. The van der Waals surface area contributed by atoms with E-state index in [4.69, 9.17) is 10.1 Å². The third-order valence-corrected chi connectivity index (χ3v) is 5.80. The van der Waals surface area contributed by atoms with Crippen molar-refractivity contribution in [2.24, 2.45) is 0 Å². The zero-order valence-corrected chi connectivity index (χ0v) is 21.6. The number of carbonyl (C=O) groups excluding carboxylic acids is 2. The molecule has 10 heteroatoms. The summed E-state index contributed by atoms with van der Waals surface area (Å²) in [6.45, 7) is 10.1. The van der Waals surface area contributed by atoms with Crippen LogP contribution in [-0.4, -0.2) is 52.8 Å². The summed E-state index contributed by atoms with van der Waals surface area (Å²) in [4.78, 5) is 41.8. The number of H-pyrrole nitrogens is 1. The molecular formula is C24H30BrN5O4. The largest absolute Gasteiger partial charge is 0.444 e. The molecule has 2 aromatic rings. The highest BCUT2D eigenvalue weighted by Gasteiger charge is 2.34. The van der Waals surface area contributed by atoms with Crippen molar-refractivity contribution < 1.29 is 14.3 Å². The number of carbonyl (C=O) groups is 2. The number of aromatic nitrogens is 1. The summed E-state index contributed by atoms with van der Waals surface area (Å²) in [5.74, 6) is -0.397. The van der Waals surface area contributed by atoms with Crippen LogP contribution in [0.3, 0.4) is 0 Å². The first-order chi connectivity index (χ1) is 15.9. The number of aromatic amines is 1. The average molecular weight is 532 g/mol. The molecule has 0 saturated carbocycles. The van der Waals surface area contributed by atoms with Gasteiger partial charge in [0.15, 0.2) is 0 Å². The molecule has 2 heterocycles. The van der Waals surface area contributed by atoms with Crippen molar-refractivity contribution in [2.45, 2.75) is 52.8 Å². The number of amides is 2. The van der Waals surface area contributed by atoms with Crippen molar-refractivity contribution in [3.63, 3.8) is 0 Å². The van der Waals surface area contributed by atoms with Gasteiger partial charge in [-0.3, -0.25) is 9.59 Å². The van der Waals surface area contributed by atoms with Gasteiger partial charge in [0.1, 0.15) is 5.60 Å². The molecule has 1 aliphatic rings. The number of nitrogens with one attached hydrogen (secondary N) is 4. The number of rotatable bonds is 6. The van der Waals surface area contributed by atoms with Crippen LogP contribution in [-0.2, 0) is 11.3 Å². The lowest BCUT2D eigenvalue weighted by Gasteiger charge is -2.40. The minimum absolute atomic E-state index is 0.0369. The van der Waals surface area contributed by atoms with Crippen LogP contribution in [0.25, 0.3) is 0 Å². The second-order valence-electron chi connectivity index (χ2n) is 9.41. The van der Waals surface area contributed by atoms with E-state index in [0.29, 0.717) is 39.9 Å². The van der Waals surface area contributed by atoms with Gasteiger partial charge >= 0.3 is 6.09 Å². The Hall–Kier alpha value is -3.14. The molecule has 0 aliphatic carbocycles. The van der Waals surface area contributed by atoms with E-state index >= 15 is 0 Å². The Kier molecular flexibility index (Phi) is 7.50. The zero-order valence-electron chi connectivity index (χ0n) is 20.0. The Labute approximate surface area is 206 Å². The smallest absolute Gasteiger partial charge is 0.410 e. The first-order valence-corrected chi connectivity index (χ1v) is 11.7. The molecule has 9 nitrogen and oxygen atoms in total. The molecule has 1 fully saturated rings. The number of halogens is 1. The number of hydrogen-bond acceptors (Lipinski definition) is 6. The van der Waals surface area contributed by atoms with E-state index in [-0.39, 0.29) is 24.2 Å². The summed E-state index contributed by atoms with van der Waals surface area (Å²) in [6.07, 6.45) is 0.756. The summed E-state index contributed by atoms with van der Waals surface area (Å²) in [6, 6.07) is 5.25. The first kappa shape index (κ1) is 25.5. The van der Waals surface area contributed by atoms with Gasteiger partial charge < -0.3 is 30.7 Å². The van der Waals surface area contributed by atoms with Crippen molar-refractivity contribution in [2.75, 3.05) is 18.4 Å². The van der Waals surface area contributed by atoms with Gasteiger partial charge in [0.05, 0.1) is 11.6 Å². The Bertz CT molecular complexity index is 1180. The fourth-order valence-corrected chi connectivity index (χ4v) is 4.17. The topological polar surface area (TPSA) is 127 Å². The molecule has 0 radical (unpaired) electrons. The number of pyridine rings is 1. The fraction of sp³-hybridized carbons (Fsp3) is 0.417. The first-order valence-electron chi connectivity index (χ1n) is 10.9.